The van der Waals surface area contributed by atoms with Crippen LogP contribution >= 0.6 is 0 Å². The first kappa shape index (κ1) is 12.2. The third kappa shape index (κ3) is 3.11. The van der Waals surface area contributed by atoms with Gasteiger partial charge in [0, 0.05) is 18.7 Å². The largest absolute Gasteiger partial charge is 0.445 e. The fourth-order valence-corrected chi connectivity index (χ4v) is 1.75. The number of ether oxygens (including phenoxy) is 1. The first-order valence-corrected chi connectivity index (χ1v) is 5.84. The van der Waals surface area contributed by atoms with E-state index < -0.39 is 0 Å². The van der Waals surface area contributed by atoms with Gasteiger partial charge in [-0.2, -0.15) is 5.26 Å². The Hall–Kier alpha value is -2.28. The van der Waals surface area contributed by atoms with Crippen LogP contribution in [-0.2, 0) is 11.3 Å². The number of nitrogens with zero attached hydrogens (tertiary/aromatic N) is 2. The Morgan fingerprint density at radius 1 is 1.39 bits per heavy atom. The van der Waals surface area contributed by atoms with E-state index >= 15 is 0 Å². The molecule has 4 heteroatoms. The first-order valence-electron chi connectivity index (χ1n) is 5.84. The van der Waals surface area contributed by atoms with Crippen molar-refractivity contribution >= 4 is 6.09 Å². The quantitative estimate of drug-likeness (QED) is 0.800. The standard InChI is InChI=1S/C14H14N2O2/c15-10-12-6-8-16(9-7-12)14(17)18-11-13-4-2-1-3-5-13/h1-6H,7-9,11H2. The molecule has 0 radical (unpaired) electrons. The molecule has 2 rings (SSSR count). The lowest BCUT2D eigenvalue weighted by molar-refractivity contribution is 0.0991. The van der Waals surface area contributed by atoms with Crippen LogP contribution in [0.5, 0.6) is 0 Å². The minimum absolute atomic E-state index is 0.283. The summed E-state index contributed by atoms with van der Waals surface area (Å²) in [4.78, 5) is 13.4. The van der Waals surface area contributed by atoms with Crippen LogP contribution in [0.1, 0.15) is 12.0 Å². The lowest BCUT2D eigenvalue weighted by Gasteiger charge is -2.23. The van der Waals surface area contributed by atoms with Gasteiger partial charge in [-0.05, 0) is 12.0 Å². The number of hydrogen-bond acceptors (Lipinski definition) is 3. The summed E-state index contributed by atoms with van der Waals surface area (Å²) >= 11 is 0. The minimum Gasteiger partial charge on any atom is -0.445 e. The van der Waals surface area contributed by atoms with Gasteiger partial charge in [0.1, 0.15) is 6.61 Å². The van der Waals surface area contributed by atoms with E-state index in [0.717, 1.165) is 11.1 Å². The van der Waals surface area contributed by atoms with Crippen LogP contribution in [0.4, 0.5) is 4.79 Å². The van der Waals surface area contributed by atoms with E-state index in [1.54, 1.807) is 11.0 Å². The fraction of sp³-hybridized carbons (Fsp3) is 0.286. The summed E-state index contributed by atoms with van der Waals surface area (Å²) in [7, 11) is 0. The molecule has 1 heterocycles. The Bertz CT molecular complexity index is 488. The van der Waals surface area contributed by atoms with Crippen LogP contribution in [0.15, 0.2) is 42.0 Å². The molecule has 0 aromatic heterocycles. The van der Waals surface area contributed by atoms with Crippen molar-refractivity contribution in [2.24, 2.45) is 0 Å². The number of hydrogen-bond donors (Lipinski definition) is 0. The summed E-state index contributed by atoms with van der Waals surface area (Å²) in [5.41, 5.74) is 1.71. The Balaban J connectivity index is 1.83. The zero-order chi connectivity index (χ0) is 12.8. The van der Waals surface area contributed by atoms with E-state index in [4.69, 9.17) is 10.00 Å². The zero-order valence-electron chi connectivity index (χ0n) is 10.0. The average Bonchev–Trinajstić information content (AvgIpc) is 2.46. The second kappa shape index (κ2) is 5.87. The van der Waals surface area contributed by atoms with E-state index in [-0.39, 0.29) is 12.7 Å². The Labute approximate surface area is 106 Å². The molecule has 0 fully saturated rings. The number of amides is 1. The Kier molecular flexibility index (Phi) is 3.98. The van der Waals surface area contributed by atoms with E-state index in [1.165, 1.54) is 0 Å². The van der Waals surface area contributed by atoms with Crippen LogP contribution in [0.25, 0.3) is 0 Å². The van der Waals surface area contributed by atoms with Crippen molar-refractivity contribution in [2.45, 2.75) is 13.0 Å². The molecule has 0 N–H and O–H groups in total. The molecule has 92 valence electrons. The van der Waals surface area contributed by atoms with Crippen LogP contribution < -0.4 is 0 Å². The summed E-state index contributed by atoms with van der Waals surface area (Å²) in [6, 6.07) is 11.7. The maximum atomic E-state index is 11.8. The van der Waals surface area contributed by atoms with Gasteiger partial charge in [0.2, 0.25) is 0 Å². The summed E-state index contributed by atoms with van der Waals surface area (Å²) in [6.45, 7) is 1.29. The molecule has 0 saturated carbocycles. The number of carbonyl (C=O) groups excluding carboxylic acids is 1. The molecule has 0 aliphatic carbocycles. The summed E-state index contributed by atoms with van der Waals surface area (Å²) in [5, 5.41) is 8.71. The lowest BCUT2D eigenvalue weighted by atomic mass is 10.1. The summed E-state index contributed by atoms with van der Waals surface area (Å²) < 4.78 is 5.21. The molecule has 4 nitrogen and oxygen atoms in total. The van der Waals surface area contributed by atoms with Crippen molar-refractivity contribution < 1.29 is 9.53 Å². The van der Waals surface area contributed by atoms with Crippen molar-refractivity contribution in [1.82, 2.24) is 4.90 Å². The summed E-state index contributed by atoms with van der Waals surface area (Å²) in [5.74, 6) is 0. The Morgan fingerprint density at radius 3 is 2.78 bits per heavy atom. The van der Waals surface area contributed by atoms with Crippen LogP contribution in [0.3, 0.4) is 0 Å². The van der Waals surface area contributed by atoms with Crippen molar-refractivity contribution in [3.8, 4) is 6.07 Å². The summed E-state index contributed by atoms with van der Waals surface area (Å²) in [6.07, 6.45) is 2.05. The minimum atomic E-state index is -0.327. The van der Waals surface area contributed by atoms with Crippen LogP contribution in [-0.4, -0.2) is 24.1 Å². The van der Waals surface area contributed by atoms with Crippen LogP contribution in [0.2, 0.25) is 0 Å². The topological polar surface area (TPSA) is 53.3 Å². The number of carbonyl (C=O) groups is 1. The predicted molar refractivity (Wildman–Crippen MR) is 66.5 cm³/mol. The molecule has 1 aliphatic heterocycles. The predicted octanol–water partition coefficient (Wildman–Crippen LogP) is 2.48. The van der Waals surface area contributed by atoms with E-state index in [9.17, 15) is 4.79 Å². The van der Waals surface area contributed by atoms with Gasteiger partial charge in [0.05, 0.1) is 6.07 Å². The number of rotatable bonds is 2. The molecule has 0 unspecified atom stereocenters. The Morgan fingerprint density at radius 2 is 2.17 bits per heavy atom. The van der Waals surface area contributed by atoms with Crippen molar-refractivity contribution in [1.29, 1.82) is 5.26 Å². The molecular weight excluding hydrogens is 228 g/mol. The second-order valence-corrected chi connectivity index (χ2v) is 4.08. The van der Waals surface area contributed by atoms with Crippen LogP contribution in [0, 0.1) is 11.3 Å². The van der Waals surface area contributed by atoms with E-state index in [1.807, 2.05) is 30.3 Å². The van der Waals surface area contributed by atoms with Crippen molar-refractivity contribution in [2.75, 3.05) is 13.1 Å². The molecule has 0 spiro atoms. The maximum Gasteiger partial charge on any atom is 0.410 e. The highest BCUT2D eigenvalue weighted by molar-refractivity contribution is 5.68. The van der Waals surface area contributed by atoms with Crippen molar-refractivity contribution in [3.05, 3.63) is 47.5 Å². The van der Waals surface area contributed by atoms with Gasteiger partial charge in [-0.25, -0.2) is 4.79 Å². The average molecular weight is 242 g/mol. The normalized spacial score (nSPS) is 14.6. The molecule has 18 heavy (non-hydrogen) atoms. The van der Waals surface area contributed by atoms with Gasteiger partial charge in [-0.15, -0.1) is 0 Å². The molecule has 0 bridgehead atoms. The molecular formula is C14H14N2O2. The van der Waals surface area contributed by atoms with Gasteiger partial charge in [0.25, 0.3) is 0 Å². The van der Waals surface area contributed by atoms with Gasteiger partial charge in [0.15, 0.2) is 0 Å². The molecule has 0 saturated heterocycles. The second-order valence-electron chi connectivity index (χ2n) is 4.08. The molecule has 1 amide bonds. The smallest absolute Gasteiger partial charge is 0.410 e. The van der Waals surface area contributed by atoms with Gasteiger partial charge in [-0.3, -0.25) is 0 Å². The third-order valence-electron chi connectivity index (χ3n) is 2.82. The number of nitriles is 1. The molecule has 1 aromatic rings. The highest BCUT2D eigenvalue weighted by Gasteiger charge is 2.18. The first-order chi connectivity index (χ1) is 8.79. The highest BCUT2D eigenvalue weighted by Crippen LogP contribution is 2.11. The van der Waals surface area contributed by atoms with E-state index in [0.29, 0.717) is 19.5 Å². The molecule has 1 aliphatic rings. The van der Waals surface area contributed by atoms with Gasteiger partial charge < -0.3 is 9.64 Å². The lowest BCUT2D eigenvalue weighted by Crippen LogP contribution is -2.35. The SMILES string of the molecule is N#CC1=CCN(C(=O)OCc2ccccc2)CC1. The third-order valence-corrected chi connectivity index (χ3v) is 2.82. The number of benzene rings is 1. The van der Waals surface area contributed by atoms with Gasteiger partial charge >= 0.3 is 6.09 Å². The zero-order valence-corrected chi connectivity index (χ0v) is 10.0. The molecule has 1 aromatic carbocycles. The fourth-order valence-electron chi connectivity index (χ4n) is 1.75. The van der Waals surface area contributed by atoms with Crippen molar-refractivity contribution in [3.63, 3.8) is 0 Å². The van der Waals surface area contributed by atoms with Gasteiger partial charge in [-0.1, -0.05) is 36.4 Å². The maximum absolute atomic E-state index is 11.8. The van der Waals surface area contributed by atoms with E-state index in [2.05, 4.69) is 6.07 Å². The molecule has 0 atom stereocenters. The highest BCUT2D eigenvalue weighted by atomic mass is 16.6. The monoisotopic (exact) mass is 242 g/mol.